The molecule has 3 rings (SSSR count). The molecular weight excluding hydrogens is 432 g/mol. The van der Waals surface area contributed by atoms with Gasteiger partial charge in [-0.2, -0.15) is 0 Å². The molecule has 0 radical (unpaired) electrons. The van der Waals surface area contributed by atoms with Crippen LogP contribution in [0.2, 0.25) is 5.02 Å². The van der Waals surface area contributed by atoms with Crippen molar-refractivity contribution in [2.24, 2.45) is 5.92 Å². The first-order valence-corrected chi connectivity index (χ1v) is 9.91. The summed E-state index contributed by atoms with van der Waals surface area (Å²) in [6.07, 6.45) is 0.402. The number of anilines is 1. The maximum atomic E-state index is 12.4. The minimum atomic E-state index is -0.242. The lowest BCUT2D eigenvalue weighted by Crippen LogP contribution is -2.31. The number of hydrogen-bond donors (Lipinski definition) is 1. The standard InChI is InChI=1S/C20H20BrClN2O3/c1-2-27-16-6-4-15(5-7-16)24-12-13(9-19(24)25)11-23-20(26)17-10-14(21)3-8-18(17)22/h3-8,10,13H,2,9,11-12H2,1H3,(H,23,26). The molecule has 5 nitrogen and oxygen atoms in total. The van der Waals surface area contributed by atoms with E-state index in [4.69, 9.17) is 16.3 Å². The molecule has 1 aliphatic rings. The fourth-order valence-corrected chi connectivity index (χ4v) is 3.63. The van der Waals surface area contributed by atoms with Crippen LogP contribution in [0.15, 0.2) is 46.9 Å². The van der Waals surface area contributed by atoms with Crippen molar-refractivity contribution in [3.8, 4) is 5.75 Å². The average molecular weight is 452 g/mol. The molecule has 0 aromatic heterocycles. The van der Waals surface area contributed by atoms with Crippen molar-refractivity contribution < 1.29 is 14.3 Å². The first kappa shape index (κ1) is 19.7. The second kappa shape index (κ2) is 8.76. The summed E-state index contributed by atoms with van der Waals surface area (Å²) in [7, 11) is 0. The van der Waals surface area contributed by atoms with E-state index in [2.05, 4.69) is 21.2 Å². The van der Waals surface area contributed by atoms with Crippen molar-refractivity contribution in [1.29, 1.82) is 0 Å². The second-order valence-corrected chi connectivity index (χ2v) is 7.66. The predicted octanol–water partition coefficient (Wildman–Crippen LogP) is 4.28. The van der Waals surface area contributed by atoms with Gasteiger partial charge < -0.3 is 15.0 Å². The Hall–Kier alpha value is -2.05. The minimum Gasteiger partial charge on any atom is -0.494 e. The molecule has 142 valence electrons. The fourth-order valence-electron chi connectivity index (χ4n) is 3.06. The number of amides is 2. The highest BCUT2D eigenvalue weighted by Crippen LogP contribution is 2.27. The van der Waals surface area contributed by atoms with Gasteiger partial charge in [0.15, 0.2) is 0 Å². The summed E-state index contributed by atoms with van der Waals surface area (Å²) in [6.45, 7) is 3.52. The monoisotopic (exact) mass is 450 g/mol. The number of carbonyl (C=O) groups is 2. The maximum absolute atomic E-state index is 12.4. The zero-order valence-electron chi connectivity index (χ0n) is 14.9. The van der Waals surface area contributed by atoms with E-state index in [-0.39, 0.29) is 17.7 Å². The molecule has 27 heavy (non-hydrogen) atoms. The smallest absolute Gasteiger partial charge is 0.252 e. The molecule has 1 fully saturated rings. The average Bonchev–Trinajstić information content (AvgIpc) is 3.03. The number of rotatable bonds is 6. The largest absolute Gasteiger partial charge is 0.494 e. The van der Waals surface area contributed by atoms with Crippen LogP contribution in [0, 0.1) is 5.92 Å². The Bertz CT molecular complexity index is 842. The summed E-state index contributed by atoms with van der Waals surface area (Å²) < 4.78 is 6.22. The summed E-state index contributed by atoms with van der Waals surface area (Å²) in [4.78, 5) is 26.5. The van der Waals surface area contributed by atoms with Crippen molar-refractivity contribution in [3.63, 3.8) is 0 Å². The number of benzene rings is 2. The lowest BCUT2D eigenvalue weighted by Gasteiger charge is -2.17. The highest BCUT2D eigenvalue weighted by molar-refractivity contribution is 9.10. The molecule has 0 aliphatic carbocycles. The summed E-state index contributed by atoms with van der Waals surface area (Å²) in [6, 6.07) is 12.6. The maximum Gasteiger partial charge on any atom is 0.252 e. The molecule has 1 heterocycles. The van der Waals surface area contributed by atoms with Gasteiger partial charge in [-0.15, -0.1) is 0 Å². The Morgan fingerprint density at radius 1 is 1.30 bits per heavy atom. The molecule has 2 aromatic carbocycles. The molecular formula is C20H20BrClN2O3. The van der Waals surface area contributed by atoms with Gasteiger partial charge in [-0.25, -0.2) is 0 Å². The Morgan fingerprint density at radius 2 is 2.04 bits per heavy atom. The van der Waals surface area contributed by atoms with Gasteiger partial charge in [0.1, 0.15) is 5.75 Å². The van der Waals surface area contributed by atoms with Gasteiger partial charge in [-0.05, 0) is 49.4 Å². The first-order valence-electron chi connectivity index (χ1n) is 8.74. The minimum absolute atomic E-state index is 0.0545. The Labute approximate surface area is 171 Å². The van der Waals surface area contributed by atoms with E-state index in [0.717, 1.165) is 15.9 Å². The van der Waals surface area contributed by atoms with Crippen LogP contribution in [-0.4, -0.2) is 31.5 Å². The summed E-state index contributed by atoms with van der Waals surface area (Å²) >= 11 is 9.43. The number of halogens is 2. The zero-order chi connectivity index (χ0) is 19.4. The quantitative estimate of drug-likeness (QED) is 0.713. The molecule has 0 spiro atoms. The van der Waals surface area contributed by atoms with Gasteiger partial charge in [0.25, 0.3) is 5.91 Å². The Kier molecular flexibility index (Phi) is 6.39. The van der Waals surface area contributed by atoms with Crippen LogP contribution in [0.1, 0.15) is 23.7 Å². The Balaban J connectivity index is 1.59. The number of nitrogens with one attached hydrogen (secondary N) is 1. The molecule has 2 aromatic rings. The van der Waals surface area contributed by atoms with Gasteiger partial charge in [0, 0.05) is 35.6 Å². The number of ether oxygens (including phenoxy) is 1. The van der Waals surface area contributed by atoms with Gasteiger partial charge >= 0.3 is 0 Å². The number of carbonyl (C=O) groups excluding carboxylic acids is 2. The van der Waals surface area contributed by atoms with E-state index in [1.807, 2.05) is 31.2 Å². The zero-order valence-corrected chi connectivity index (χ0v) is 17.2. The van der Waals surface area contributed by atoms with Crippen molar-refractivity contribution in [1.82, 2.24) is 5.32 Å². The van der Waals surface area contributed by atoms with E-state index in [1.165, 1.54) is 0 Å². The summed E-state index contributed by atoms with van der Waals surface area (Å²) in [5, 5.41) is 3.28. The van der Waals surface area contributed by atoms with Crippen LogP contribution < -0.4 is 15.0 Å². The van der Waals surface area contributed by atoms with Gasteiger partial charge in [0.2, 0.25) is 5.91 Å². The Morgan fingerprint density at radius 3 is 2.74 bits per heavy atom. The molecule has 1 N–H and O–H groups in total. The van der Waals surface area contributed by atoms with Crippen LogP contribution in [0.4, 0.5) is 5.69 Å². The normalized spacial score (nSPS) is 16.5. The first-order chi connectivity index (χ1) is 13.0. The molecule has 1 saturated heterocycles. The van der Waals surface area contributed by atoms with Gasteiger partial charge in [-0.1, -0.05) is 27.5 Å². The van der Waals surface area contributed by atoms with E-state index < -0.39 is 0 Å². The third-order valence-electron chi connectivity index (χ3n) is 4.39. The third kappa shape index (κ3) is 4.82. The van der Waals surface area contributed by atoms with Gasteiger partial charge in [-0.3, -0.25) is 9.59 Å². The number of nitrogens with zero attached hydrogens (tertiary/aromatic N) is 1. The van der Waals surface area contributed by atoms with Crippen LogP contribution in [0.5, 0.6) is 5.75 Å². The van der Waals surface area contributed by atoms with E-state index in [0.29, 0.717) is 36.7 Å². The summed E-state index contributed by atoms with van der Waals surface area (Å²) in [5.74, 6) is 0.647. The molecule has 7 heteroatoms. The topological polar surface area (TPSA) is 58.6 Å². The van der Waals surface area contributed by atoms with E-state index >= 15 is 0 Å². The highest BCUT2D eigenvalue weighted by Gasteiger charge is 2.31. The van der Waals surface area contributed by atoms with Crippen molar-refractivity contribution in [2.75, 3.05) is 24.6 Å². The van der Waals surface area contributed by atoms with Crippen LogP contribution in [0.3, 0.4) is 0 Å². The van der Waals surface area contributed by atoms with Crippen molar-refractivity contribution >= 4 is 45.0 Å². The molecule has 0 saturated carbocycles. The van der Waals surface area contributed by atoms with E-state index in [9.17, 15) is 9.59 Å². The van der Waals surface area contributed by atoms with Crippen LogP contribution in [-0.2, 0) is 4.79 Å². The molecule has 1 unspecified atom stereocenters. The van der Waals surface area contributed by atoms with Crippen LogP contribution in [0.25, 0.3) is 0 Å². The number of hydrogen-bond acceptors (Lipinski definition) is 3. The molecule has 2 amide bonds. The lowest BCUT2D eigenvalue weighted by molar-refractivity contribution is -0.117. The second-order valence-electron chi connectivity index (χ2n) is 6.34. The predicted molar refractivity (Wildman–Crippen MR) is 110 cm³/mol. The van der Waals surface area contributed by atoms with Gasteiger partial charge in [0.05, 0.1) is 17.2 Å². The van der Waals surface area contributed by atoms with Crippen molar-refractivity contribution in [3.05, 3.63) is 57.5 Å². The summed E-state index contributed by atoms with van der Waals surface area (Å²) in [5.41, 5.74) is 1.26. The third-order valence-corrected chi connectivity index (χ3v) is 5.21. The SMILES string of the molecule is CCOc1ccc(N2CC(CNC(=O)c3cc(Br)ccc3Cl)CC2=O)cc1. The van der Waals surface area contributed by atoms with E-state index in [1.54, 1.807) is 23.1 Å². The molecule has 1 aliphatic heterocycles. The molecule has 1 atom stereocenters. The van der Waals surface area contributed by atoms with Crippen molar-refractivity contribution in [2.45, 2.75) is 13.3 Å². The fraction of sp³-hybridized carbons (Fsp3) is 0.300. The lowest BCUT2D eigenvalue weighted by atomic mass is 10.1. The highest BCUT2D eigenvalue weighted by atomic mass is 79.9. The molecule has 0 bridgehead atoms. The van der Waals surface area contributed by atoms with Crippen LogP contribution >= 0.6 is 27.5 Å².